The number of aromatic nitrogens is 5. The second kappa shape index (κ2) is 16.1. The molecule has 6 aromatic rings. The lowest BCUT2D eigenvalue weighted by Crippen LogP contribution is -2.39. The van der Waals surface area contributed by atoms with Gasteiger partial charge in [-0.25, -0.2) is 9.97 Å². The van der Waals surface area contributed by atoms with Crippen molar-refractivity contribution in [2.75, 3.05) is 31.6 Å². The van der Waals surface area contributed by atoms with Crippen LogP contribution >= 0.6 is 11.6 Å². The smallest absolute Gasteiger partial charge is 0.253 e. The molecule has 0 radical (unpaired) electrons. The number of amides is 4. The number of pyridine rings is 1. The molecule has 296 valence electrons. The number of benzene rings is 3. The Bertz CT molecular complexity index is 2530. The highest BCUT2D eigenvalue weighted by Gasteiger charge is 2.29. The van der Waals surface area contributed by atoms with E-state index >= 15 is 0 Å². The van der Waals surface area contributed by atoms with Gasteiger partial charge in [0.05, 0.1) is 23.4 Å². The van der Waals surface area contributed by atoms with E-state index in [9.17, 15) is 19.2 Å². The summed E-state index contributed by atoms with van der Waals surface area (Å²) in [5.74, 6) is 0.620. The number of aromatic amines is 1. The topological polar surface area (TPSA) is 167 Å². The first kappa shape index (κ1) is 38.3. The molecule has 3 N–H and O–H groups in total. The molecule has 58 heavy (non-hydrogen) atoms. The molecule has 2 aliphatic heterocycles. The number of piperidine rings is 1. The van der Waals surface area contributed by atoms with Crippen LogP contribution in [0.2, 0.25) is 5.02 Å². The Hall–Kier alpha value is -6.54. The van der Waals surface area contributed by atoms with Crippen molar-refractivity contribution in [3.05, 3.63) is 118 Å². The largest absolute Gasteiger partial charge is 0.453 e. The predicted octanol–water partition coefficient (Wildman–Crippen LogP) is 6.16. The van der Waals surface area contributed by atoms with E-state index in [1.54, 1.807) is 39.9 Å². The van der Waals surface area contributed by atoms with E-state index in [0.717, 1.165) is 47.6 Å². The number of nitrogens with zero attached hydrogens (tertiary/aromatic N) is 6. The predicted molar refractivity (Wildman–Crippen MR) is 219 cm³/mol. The molecule has 4 amide bonds. The second-order valence-corrected chi connectivity index (χ2v) is 15.3. The molecule has 3 aromatic carbocycles. The summed E-state index contributed by atoms with van der Waals surface area (Å²) in [6.45, 7) is 4.44. The standard InChI is InChI=1S/C43H42ClN9O5/c1-25-34(24-52(3)50-25)39-48-37-38(35(44)21-45-40(37)49-39)58-32-13-9-29(10-14-32)41(55)46-20-26-5-4-6-30(19-26)43(57)51(2)22-27-17-18-53(23-27)31-11-7-28(8-12-31)33-15-16-36(54)47-42(33)56/h4-14,19,21,24,27,33H,15-18,20,22-23H2,1-3H3,(H,46,55)(H,45,48,49)(H,47,54,56)/t27?,33-/m0/s1. The highest BCUT2D eigenvalue weighted by molar-refractivity contribution is 6.32. The molecule has 15 heteroatoms. The zero-order valence-corrected chi connectivity index (χ0v) is 33.0. The summed E-state index contributed by atoms with van der Waals surface area (Å²) >= 11 is 6.51. The van der Waals surface area contributed by atoms with Gasteiger partial charge in [-0.3, -0.25) is 29.2 Å². The summed E-state index contributed by atoms with van der Waals surface area (Å²) in [5.41, 5.74) is 6.42. The number of imide groups is 1. The summed E-state index contributed by atoms with van der Waals surface area (Å²) < 4.78 is 7.89. The first-order valence-corrected chi connectivity index (χ1v) is 19.5. The number of fused-ring (bicyclic) bond motifs is 1. The van der Waals surface area contributed by atoms with Crippen molar-refractivity contribution in [3.63, 3.8) is 0 Å². The fraction of sp³-hybridized carbons (Fsp3) is 0.279. The number of carbonyl (C=O) groups is 4. The number of rotatable bonds is 11. The minimum atomic E-state index is -0.306. The van der Waals surface area contributed by atoms with Crippen molar-refractivity contribution in [2.24, 2.45) is 13.0 Å². The van der Waals surface area contributed by atoms with Gasteiger partial charge >= 0.3 is 0 Å². The van der Waals surface area contributed by atoms with Gasteiger partial charge in [0.2, 0.25) is 11.8 Å². The number of anilines is 1. The number of aryl methyl sites for hydroxylation is 2. The molecule has 8 rings (SSSR count). The van der Waals surface area contributed by atoms with Crippen LogP contribution in [0.1, 0.15) is 62.7 Å². The molecule has 0 aliphatic carbocycles. The number of carbonyl (C=O) groups excluding carboxylic acids is 4. The Morgan fingerprint density at radius 2 is 1.83 bits per heavy atom. The average molecular weight is 800 g/mol. The lowest BCUT2D eigenvalue weighted by molar-refractivity contribution is -0.134. The van der Waals surface area contributed by atoms with Gasteiger partial charge in [0.15, 0.2) is 11.4 Å². The van der Waals surface area contributed by atoms with Crippen molar-refractivity contribution >= 4 is 52.1 Å². The number of H-pyrrole nitrogens is 1. The van der Waals surface area contributed by atoms with E-state index in [4.69, 9.17) is 16.3 Å². The molecule has 3 aromatic heterocycles. The fourth-order valence-corrected chi connectivity index (χ4v) is 7.88. The van der Waals surface area contributed by atoms with Gasteiger partial charge in [-0.15, -0.1) is 0 Å². The maximum atomic E-state index is 13.5. The summed E-state index contributed by atoms with van der Waals surface area (Å²) in [5, 5.41) is 10.1. The first-order valence-electron chi connectivity index (χ1n) is 19.1. The van der Waals surface area contributed by atoms with Crippen LogP contribution in [0, 0.1) is 12.8 Å². The van der Waals surface area contributed by atoms with Gasteiger partial charge in [-0.1, -0.05) is 35.9 Å². The SMILES string of the molecule is Cc1nn(C)cc1-c1nc2ncc(Cl)c(Oc3ccc(C(=O)NCc4cccc(C(=O)N(C)CC5CCN(c6ccc([C@@H]7CCC(=O)NC7=O)cc6)C5)c4)cc3)c2[nH]1. The Balaban J connectivity index is 0.834. The third kappa shape index (κ3) is 8.14. The molecule has 0 spiro atoms. The zero-order chi connectivity index (χ0) is 40.5. The first-order chi connectivity index (χ1) is 28.0. The third-order valence-corrected chi connectivity index (χ3v) is 11.0. The third-order valence-electron chi connectivity index (χ3n) is 10.7. The number of ether oxygens (including phenoxy) is 1. The Morgan fingerprint density at radius 3 is 2.57 bits per heavy atom. The van der Waals surface area contributed by atoms with E-state index in [2.05, 4.69) is 35.6 Å². The van der Waals surface area contributed by atoms with Crippen molar-refractivity contribution in [2.45, 2.75) is 38.6 Å². The molecule has 2 aliphatic rings. The van der Waals surface area contributed by atoms with E-state index in [-0.39, 0.29) is 36.1 Å². The van der Waals surface area contributed by atoms with Crippen molar-refractivity contribution in [3.8, 4) is 22.9 Å². The van der Waals surface area contributed by atoms with Crippen LogP contribution in [0.15, 0.2) is 85.2 Å². The lowest BCUT2D eigenvalue weighted by atomic mass is 9.90. The molecular formula is C43H42ClN9O5. The van der Waals surface area contributed by atoms with Crippen LogP contribution in [0.25, 0.3) is 22.6 Å². The average Bonchev–Trinajstić information content (AvgIpc) is 3.96. The van der Waals surface area contributed by atoms with Gasteiger partial charge in [-0.2, -0.15) is 5.10 Å². The molecule has 2 saturated heterocycles. The number of hydrogen-bond acceptors (Lipinski definition) is 9. The van der Waals surface area contributed by atoms with Crippen LogP contribution in [0.4, 0.5) is 5.69 Å². The van der Waals surface area contributed by atoms with Crippen LogP contribution in [-0.2, 0) is 23.2 Å². The molecule has 14 nitrogen and oxygen atoms in total. The van der Waals surface area contributed by atoms with E-state index in [1.165, 1.54) is 6.20 Å². The van der Waals surface area contributed by atoms with E-state index < -0.39 is 0 Å². The van der Waals surface area contributed by atoms with E-state index in [0.29, 0.717) is 69.9 Å². The Kier molecular flexibility index (Phi) is 10.7. The maximum absolute atomic E-state index is 13.5. The minimum absolute atomic E-state index is 0.0825. The normalized spacial score (nSPS) is 16.7. The molecule has 2 atom stereocenters. The van der Waals surface area contributed by atoms with E-state index in [1.807, 2.05) is 69.7 Å². The minimum Gasteiger partial charge on any atom is -0.453 e. The molecule has 1 unspecified atom stereocenters. The zero-order valence-electron chi connectivity index (χ0n) is 32.3. The van der Waals surface area contributed by atoms with Crippen LogP contribution in [0.5, 0.6) is 11.5 Å². The molecule has 2 fully saturated rings. The number of imidazole rings is 1. The maximum Gasteiger partial charge on any atom is 0.253 e. The summed E-state index contributed by atoms with van der Waals surface area (Å²) in [4.78, 5) is 66.8. The van der Waals surface area contributed by atoms with Crippen LogP contribution < -0.4 is 20.3 Å². The highest BCUT2D eigenvalue weighted by Crippen LogP contribution is 2.36. The molecule has 5 heterocycles. The van der Waals surface area contributed by atoms with Crippen LogP contribution in [-0.4, -0.2) is 79.9 Å². The number of halogens is 1. The number of nitrogens with one attached hydrogen (secondary N) is 3. The molecule has 0 saturated carbocycles. The summed E-state index contributed by atoms with van der Waals surface area (Å²) in [7, 11) is 3.67. The molecular weight excluding hydrogens is 758 g/mol. The monoisotopic (exact) mass is 799 g/mol. The second-order valence-electron chi connectivity index (χ2n) is 14.9. The van der Waals surface area contributed by atoms with Crippen LogP contribution in [0.3, 0.4) is 0 Å². The summed E-state index contributed by atoms with van der Waals surface area (Å²) in [6.07, 6.45) is 5.18. The van der Waals surface area contributed by atoms with Gasteiger partial charge in [0, 0.05) is 69.7 Å². The fourth-order valence-electron chi connectivity index (χ4n) is 7.70. The highest BCUT2D eigenvalue weighted by atomic mass is 35.5. The van der Waals surface area contributed by atoms with Gasteiger partial charge in [-0.05, 0) is 85.3 Å². The quantitative estimate of drug-likeness (QED) is 0.130. The van der Waals surface area contributed by atoms with Gasteiger partial charge in [0.1, 0.15) is 22.1 Å². The van der Waals surface area contributed by atoms with Crippen molar-refractivity contribution in [1.82, 2.24) is 40.3 Å². The van der Waals surface area contributed by atoms with Gasteiger partial charge < -0.3 is 24.8 Å². The molecule has 0 bridgehead atoms. The number of hydrogen-bond donors (Lipinski definition) is 3. The summed E-state index contributed by atoms with van der Waals surface area (Å²) in [6, 6.07) is 22.0. The Labute approximate surface area is 339 Å². The van der Waals surface area contributed by atoms with Gasteiger partial charge in [0.25, 0.3) is 11.8 Å². The Morgan fingerprint density at radius 1 is 1.03 bits per heavy atom. The lowest BCUT2D eigenvalue weighted by Gasteiger charge is -2.24. The van der Waals surface area contributed by atoms with Crippen molar-refractivity contribution < 1.29 is 23.9 Å². The van der Waals surface area contributed by atoms with Crippen molar-refractivity contribution in [1.29, 1.82) is 0 Å².